The number of hydrogen-bond acceptors (Lipinski definition) is 10. The minimum Gasteiger partial charge on any atom is -0.504 e. The van der Waals surface area contributed by atoms with Gasteiger partial charge in [-0.25, -0.2) is 13.3 Å². The molecule has 2 aliphatic rings. The van der Waals surface area contributed by atoms with Crippen LogP contribution in [-0.2, 0) is 19.6 Å². The van der Waals surface area contributed by atoms with Crippen molar-refractivity contribution in [3.05, 3.63) is 70.9 Å². The second-order valence-electron chi connectivity index (χ2n) is 11.1. The molecule has 0 unspecified atom stereocenters. The zero-order valence-corrected chi connectivity index (χ0v) is 26.1. The first kappa shape index (κ1) is 30.4. The Morgan fingerprint density at radius 1 is 1.00 bits per heavy atom. The van der Waals surface area contributed by atoms with Crippen molar-refractivity contribution in [3.8, 4) is 17.2 Å². The molecular weight excluding hydrogens is 592 g/mol. The molecule has 0 saturated heterocycles. The van der Waals surface area contributed by atoms with Gasteiger partial charge < -0.3 is 25.2 Å². The van der Waals surface area contributed by atoms with E-state index in [2.05, 4.69) is 10.6 Å². The summed E-state index contributed by atoms with van der Waals surface area (Å²) in [5.74, 6) is -0.588. The number of fused-ring (bicyclic) bond motifs is 1. The van der Waals surface area contributed by atoms with Crippen LogP contribution in [0, 0.1) is 5.41 Å². The molecule has 43 heavy (non-hydrogen) atoms. The second-order valence-corrected chi connectivity index (χ2v) is 14.1. The molecule has 1 atom stereocenters. The first-order valence-corrected chi connectivity index (χ1v) is 16.1. The maximum absolute atomic E-state index is 14.0. The number of imide groups is 1. The smallest absolute Gasteiger partial charge is 0.284 e. The number of para-hydroxylation sites is 1. The van der Waals surface area contributed by atoms with Crippen LogP contribution in [0.1, 0.15) is 46.2 Å². The highest BCUT2D eigenvalue weighted by Crippen LogP contribution is 2.43. The third kappa shape index (κ3) is 5.55. The van der Waals surface area contributed by atoms with Crippen molar-refractivity contribution >= 4 is 44.5 Å². The van der Waals surface area contributed by atoms with Gasteiger partial charge in [0.25, 0.3) is 21.8 Å². The van der Waals surface area contributed by atoms with E-state index in [-0.39, 0.29) is 41.2 Å². The first-order chi connectivity index (χ1) is 20.4. The van der Waals surface area contributed by atoms with Crippen LogP contribution in [0.15, 0.2) is 69.5 Å². The van der Waals surface area contributed by atoms with E-state index < -0.39 is 39.0 Å². The zero-order chi connectivity index (χ0) is 31.1. The molecule has 3 N–H and O–H groups in total. The maximum Gasteiger partial charge on any atom is 0.284 e. The Morgan fingerprint density at radius 3 is 2.30 bits per heavy atom. The highest BCUT2D eigenvalue weighted by Gasteiger charge is 2.43. The molecule has 228 valence electrons. The van der Waals surface area contributed by atoms with E-state index in [1.165, 1.54) is 9.69 Å². The molecule has 2 aromatic carbocycles. The molecule has 11 nitrogen and oxygen atoms in total. The number of nitrogens with one attached hydrogen (secondary N) is 2. The van der Waals surface area contributed by atoms with Gasteiger partial charge in [0.15, 0.2) is 21.5 Å². The molecule has 0 fully saturated rings. The predicted octanol–water partition coefficient (Wildman–Crippen LogP) is 4.79. The van der Waals surface area contributed by atoms with Crippen LogP contribution in [0.4, 0.5) is 11.4 Å². The zero-order valence-electron chi connectivity index (χ0n) is 24.5. The number of anilines is 2. The van der Waals surface area contributed by atoms with Gasteiger partial charge in [0.05, 0.1) is 17.4 Å². The minimum atomic E-state index is -3.97. The van der Waals surface area contributed by atoms with Crippen molar-refractivity contribution in [1.82, 2.24) is 9.62 Å². The van der Waals surface area contributed by atoms with Gasteiger partial charge in [-0.05, 0) is 35.2 Å². The fourth-order valence-corrected chi connectivity index (χ4v) is 7.88. The molecule has 1 aromatic heterocycles. The third-order valence-corrected chi connectivity index (χ3v) is 10.8. The fraction of sp³-hybridized carbons (Fsp3) is 0.333. The molecule has 3 aromatic rings. The number of rotatable bonds is 10. The monoisotopic (exact) mass is 626 g/mol. The van der Waals surface area contributed by atoms with Crippen molar-refractivity contribution in [2.24, 2.45) is 5.41 Å². The Bertz CT molecular complexity index is 1690. The standard InChI is InChI=1S/C30H34N4O7S2/c1-6-33(7-2)43(38,39)29-25(35)20(16-42-29)31-23-24(28(37)34(27(23)36)19-11-9-8-10-12-19)32-26(30(3,4)5)18-13-14-21-22(15-18)41-17-40-21/h8-16,26,31-32,35H,6-7,17H2,1-5H3/t26-/m0/s1. The van der Waals surface area contributed by atoms with Crippen molar-refractivity contribution in [2.75, 3.05) is 30.1 Å². The number of sulfonamides is 1. The van der Waals surface area contributed by atoms with Crippen molar-refractivity contribution in [1.29, 1.82) is 0 Å². The SMILES string of the molecule is CCN(CC)S(=O)(=O)c1scc(NC2=C(N[C@@H](c3ccc4c(c3)OCO4)C(C)(C)C)C(=O)N(c3ccccc3)C2=O)c1O. The number of thiophene rings is 1. The summed E-state index contributed by atoms with van der Waals surface area (Å²) in [6.07, 6.45) is 0. The van der Waals surface area contributed by atoms with Crippen LogP contribution in [0.25, 0.3) is 0 Å². The quantitative estimate of drug-likeness (QED) is 0.271. The lowest BCUT2D eigenvalue weighted by Gasteiger charge is -2.33. The lowest BCUT2D eigenvalue weighted by atomic mass is 9.82. The first-order valence-electron chi connectivity index (χ1n) is 13.8. The summed E-state index contributed by atoms with van der Waals surface area (Å²) in [4.78, 5) is 28.9. The average molecular weight is 627 g/mol. The summed E-state index contributed by atoms with van der Waals surface area (Å²) < 4.78 is 38.3. The Hall–Kier alpha value is -4.07. The third-order valence-electron chi connectivity index (χ3n) is 7.25. The van der Waals surface area contributed by atoms with E-state index in [1.807, 2.05) is 32.9 Å². The number of aromatic hydroxyl groups is 1. The minimum absolute atomic E-state index is 0.00326. The topological polar surface area (TPSA) is 138 Å². The van der Waals surface area contributed by atoms with Crippen LogP contribution < -0.4 is 25.0 Å². The van der Waals surface area contributed by atoms with Gasteiger partial charge in [-0.15, -0.1) is 11.3 Å². The molecule has 0 aliphatic carbocycles. The average Bonchev–Trinajstić information content (AvgIpc) is 3.64. The van der Waals surface area contributed by atoms with Gasteiger partial charge in [-0.1, -0.05) is 58.9 Å². The molecule has 0 bridgehead atoms. The van der Waals surface area contributed by atoms with Gasteiger partial charge in [-0.2, -0.15) is 4.31 Å². The van der Waals surface area contributed by atoms with Gasteiger partial charge in [0.1, 0.15) is 11.4 Å². The molecule has 13 heteroatoms. The highest BCUT2D eigenvalue weighted by molar-refractivity contribution is 7.91. The van der Waals surface area contributed by atoms with Crippen LogP contribution >= 0.6 is 11.3 Å². The molecule has 3 heterocycles. The van der Waals surface area contributed by atoms with Crippen molar-refractivity contribution < 1.29 is 32.6 Å². The Labute approximate surface area is 254 Å². The van der Waals surface area contributed by atoms with E-state index in [0.717, 1.165) is 21.8 Å². The maximum atomic E-state index is 14.0. The van der Waals surface area contributed by atoms with Crippen LogP contribution in [0.5, 0.6) is 17.2 Å². The number of ether oxygens (including phenoxy) is 2. The number of carbonyl (C=O) groups excluding carboxylic acids is 2. The second kappa shape index (κ2) is 11.5. The molecule has 0 saturated carbocycles. The molecule has 5 rings (SSSR count). The number of amides is 2. The largest absolute Gasteiger partial charge is 0.504 e. The molecule has 2 aliphatic heterocycles. The predicted molar refractivity (Wildman–Crippen MR) is 164 cm³/mol. The van der Waals surface area contributed by atoms with Gasteiger partial charge in [0.2, 0.25) is 6.79 Å². The molecule has 2 amide bonds. The highest BCUT2D eigenvalue weighted by atomic mass is 32.2. The van der Waals surface area contributed by atoms with E-state index in [9.17, 15) is 23.1 Å². The summed E-state index contributed by atoms with van der Waals surface area (Å²) in [5, 5.41) is 18.6. The Balaban J connectivity index is 1.58. The number of benzene rings is 2. The lowest BCUT2D eigenvalue weighted by Crippen LogP contribution is -2.37. The number of carbonyl (C=O) groups is 2. The van der Waals surface area contributed by atoms with Crippen LogP contribution in [0.2, 0.25) is 0 Å². The number of hydrogen-bond donors (Lipinski definition) is 3. The van der Waals surface area contributed by atoms with Gasteiger partial charge in [-0.3, -0.25) is 9.59 Å². The van der Waals surface area contributed by atoms with E-state index >= 15 is 0 Å². The van der Waals surface area contributed by atoms with Crippen molar-refractivity contribution in [3.63, 3.8) is 0 Å². The van der Waals surface area contributed by atoms with Crippen LogP contribution in [0.3, 0.4) is 0 Å². The summed E-state index contributed by atoms with van der Waals surface area (Å²) >= 11 is 0.832. The molecular formula is C30H34N4O7S2. The normalized spacial score (nSPS) is 15.9. The summed E-state index contributed by atoms with van der Waals surface area (Å²) in [7, 11) is -3.97. The summed E-state index contributed by atoms with van der Waals surface area (Å²) in [6, 6.07) is 13.5. The van der Waals surface area contributed by atoms with E-state index in [0.29, 0.717) is 17.2 Å². The van der Waals surface area contributed by atoms with E-state index in [4.69, 9.17) is 9.47 Å². The fourth-order valence-electron chi connectivity index (χ4n) is 5.05. The van der Waals surface area contributed by atoms with Gasteiger partial charge >= 0.3 is 0 Å². The van der Waals surface area contributed by atoms with E-state index in [1.54, 1.807) is 50.2 Å². The van der Waals surface area contributed by atoms with Crippen molar-refractivity contribution in [2.45, 2.75) is 44.9 Å². The number of nitrogens with zero attached hydrogens (tertiary/aromatic N) is 2. The summed E-state index contributed by atoms with van der Waals surface area (Å²) in [6.45, 7) is 9.97. The Kier molecular flexibility index (Phi) is 8.16. The molecule has 0 spiro atoms. The Morgan fingerprint density at radius 2 is 1.65 bits per heavy atom. The van der Waals surface area contributed by atoms with Gasteiger partial charge in [0, 0.05) is 18.5 Å². The van der Waals surface area contributed by atoms with Crippen LogP contribution in [-0.4, -0.2) is 49.5 Å². The lowest BCUT2D eigenvalue weighted by molar-refractivity contribution is -0.120. The summed E-state index contributed by atoms with van der Waals surface area (Å²) in [5.41, 5.74) is 0.562. The molecule has 0 radical (unpaired) electrons.